The SMILES string of the molecule is COc1ccc(Br)c(CC(=O)c2ccc(F)cc2Cl)c1. The first kappa shape index (κ1) is 15.0. The molecule has 0 fully saturated rings. The zero-order valence-electron chi connectivity index (χ0n) is 10.6. The summed E-state index contributed by atoms with van der Waals surface area (Å²) in [7, 11) is 1.56. The third-order valence-corrected chi connectivity index (χ3v) is 3.92. The Labute approximate surface area is 129 Å². The quantitative estimate of drug-likeness (QED) is 0.743. The number of carbonyl (C=O) groups excluding carboxylic acids is 1. The molecule has 0 saturated heterocycles. The third-order valence-electron chi connectivity index (χ3n) is 2.84. The fourth-order valence-corrected chi connectivity index (χ4v) is 2.46. The highest BCUT2D eigenvalue weighted by molar-refractivity contribution is 9.10. The summed E-state index contributed by atoms with van der Waals surface area (Å²) in [6, 6.07) is 9.14. The Hall–Kier alpha value is -1.39. The van der Waals surface area contributed by atoms with Crippen LogP contribution in [0.1, 0.15) is 15.9 Å². The zero-order chi connectivity index (χ0) is 14.7. The number of ketones is 1. The van der Waals surface area contributed by atoms with E-state index in [9.17, 15) is 9.18 Å². The summed E-state index contributed by atoms with van der Waals surface area (Å²) in [5, 5.41) is 0.119. The monoisotopic (exact) mass is 356 g/mol. The first-order valence-electron chi connectivity index (χ1n) is 5.82. The number of hydrogen-bond donors (Lipinski definition) is 0. The lowest BCUT2D eigenvalue weighted by Gasteiger charge is -2.08. The fourth-order valence-electron chi connectivity index (χ4n) is 1.80. The number of rotatable bonds is 4. The van der Waals surface area contributed by atoms with Crippen molar-refractivity contribution in [1.82, 2.24) is 0 Å². The molecule has 0 N–H and O–H groups in total. The number of ether oxygens (including phenoxy) is 1. The molecule has 2 rings (SSSR count). The van der Waals surface area contributed by atoms with Crippen LogP contribution in [0.4, 0.5) is 4.39 Å². The molecule has 0 saturated carbocycles. The van der Waals surface area contributed by atoms with E-state index in [1.54, 1.807) is 19.2 Å². The molecule has 0 aliphatic rings. The highest BCUT2D eigenvalue weighted by atomic mass is 79.9. The molecule has 2 nitrogen and oxygen atoms in total. The van der Waals surface area contributed by atoms with E-state index < -0.39 is 5.82 Å². The van der Waals surface area contributed by atoms with Gasteiger partial charge in [0.15, 0.2) is 5.78 Å². The van der Waals surface area contributed by atoms with E-state index in [-0.39, 0.29) is 17.2 Å². The maximum atomic E-state index is 13.0. The average molecular weight is 358 g/mol. The molecule has 0 radical (unpaired) electrons. The topological polar surface area (TPSA) is 26.3 Å². The summed E-state index contributed by atoms with van der Waals surface area (Å²) in [6.45, 7) is 0. The molecule has 0 amide bonds. The Morgan fingerprint density at radius 1 is 1.30 bits per heavy atom. The maximum Gasteiger partial charge on any atom is 0.168 e. The molecule has 0 heterocycles. The molecule has 0 aromatic heterocycles. The normalized spacial score (nSPS) is 10.4. The molecule has 104 valence electrons. The van der Waals surface area contributed by atoms with Crippen LogP contribution in [0.5, 0.6) is 5.75 Å². The summed E-state index contributed by atoms with van der Waals surface area (Å²) in [5.41, 5.74) is 1.09. The van der Waals surface area contributed by atoms with Gasteiger partial charge in [0.2, 0.25) is 0 Å². The predicted molar refractivity (Wildman–Crippen MR) is 80.1 cm³/mol. The second-order valence-electron chi connectivity index (χ2n) is 4.18. The van der Waals surface area contributed by atoms with Crippen LogP contribution in [0.2, 0.25) is 5.02 Å². The summed E-state index contributed by atoms with van der Waals surface area (Å²) in [5.74, 6) is 0.0271. The van der Waals surface area contributed by atoms with Gasteiger partial charge in [-0.05, 0) is 42.0 Å². The zero-order valence-corrected chi connectivity index (χ0v) is 13.0. The molecular weight excluding hydrogens is 347 g/mol. The Morgan fingerprint density at radius 3 is 2.70 bits per heavy atom. The number of carbonyl (C=O) groups is 1. The molecule has 0 aliphatic carbocycles. The Kier molecular flexibility index (Phi) is 4.78. The summed E-state index contributed by atoms with van der Waals surface area (Å²) < 4.78 is 18.9. The van der Waals surface area contributed by atoms with Crippen molar-refractivity contribution in [3.63, 3.8) is 0 Å². The van der Waals surface area contributed by atoms with E-state index in [1.165, 1.54) is 12.1 Å². The van der Waals surface area contributed by atoms with Crippen LogP contribution in [-0.4, -0.2) is 12.9 Å². The molecule has 20 heavy (non-hydrogen) atoms. The van der Waals surface area contributed by atoms with Crippen LogP contribution in [0.15, 0.2) is 40.9 Å². The number of Topliss-reactive ketones (excluding diaryl/α,β-unsaturated/α-hetero) is 1. The van der Waals surface area contributed by atoms with Crippen molar-refractivity contribution < 1.29 is 13.9 Å². The van der Waals surface area contributed by atoms with Crippen molar-refractivity contribution in [2.24, 2.45) is 0 Å². The Morgan fingerprint density at radius 2 is 2.05 bits per heavy atom. The largest absolute Gasteiger partial charge is 0.497 e. The van der Waals surface area contributed by atoms with Crippen LogP contribution in [0.3, 0.4) is 0 Å². The van der Waals surface area contributed by atoms with Crippen LogP contribution < -0.4 is 4.74 Å². The average Bonchev–Trinajstić information content (AvgIpc) is 2.41. The van der Waals surface area contributed by atoms with Crippen molar-refractivity contribution >= 4 is 33.3 Å². The molecule has 0 bridgehead atoms. The van der Waals surface area contributed by atoms with E-state index in [1.807, 2.05) is 6.07 Å². The smallest absolute Gasteiger partial charge is 0.168 e. The first-order chi connectivity index (χ1) is 9.51. The Bertz CT molecular complexity index is 658. The second kappa shape index (κ2) is 6.37. The van der Waals surface area contributed by atoms with Gasteiger partial charge in [-0.2, -0.15) is 0 Å². The van der Waals surface area contributed by atoms with Gasteiger partial charge in [-0.25, -0.2) is 4.39 Å². The van der Waals surface area contributed by atoms with Gasteiger partial charge >= 0.3 is 0 Å². The van der Waals surface area contributed by atoms with Crippen molar-refractivity contribution in [3.8, 4) is 5.75 Å². The summed E-state index contributed by atoms with van der Waals surface area (Å²) in [6.07, 6.45) is 0.156. The van der Waals surface area contributed by atoms with Crippen molar-refractivity contribution in [1.29, 1.82) is 0 Å². The van der Waals surface area contributed by atoms with E-state index in [0.717, 1.165) is 16.1 Å². The summed E-state index contributed by atoms with van der Waals surface area (Å²) >= 11 is 9.28. The predicted octanol–water partition coefficient (Wildman–Crippen LogP) is 4.68. The van der Waals surface area contributed by atoms with E-state index >= 15 is 0 Å². The molecule has 5 heteroatoms. The van der Waals surface area contributed by atoms with Gasteiger partial charge in [0.1, 0.15) is 11.6 Å². The number of halogens is 3. The Balaban J connectivity index is 2.27. The number of methoxy groups -OCH3 is 1. The van der Waals surface area contributed by atoms with E-state index in [0.29, 0.717) is 11.3 Å². The van der Waals surface area contributed by atoms with Gasteiger partial charge in [0.25, 0.3) is 0 Å². The lowest BCUT2D eigenvalue weighted by molar-refractivity contribution is 0.0993. The second-order valence-corrected chi connectivity index (χ2v) is 5.44. The molecular formula is C15H11BrClFO2. The van der Waals surface area contributed by atoms with Crippen molar-refractivity contribution in [2.75, 3.05) is 7.11 Å². The minimum Gasteiger partial charge on any atom is -0.497 e. The van der Waals surface area contributed by atoms with Gasteiger partial charge in [0, 0.05) is 16.5 Å². The lowest BCUT2D eigenvalue weighted by Crippen LogP contribution is -2.05. The van der Waals surface area contributed by atoms with Gasteiger partial charge in [-0.15, -0.1) is 0 Å². The van der Waals surface area contributed by atoms with Crippen LogP contribution in [0, 0.1) is 5.82 Å². The number of hydrogen-bond acceptors (Lipinski definition) is 2. The minimum absolute atomic E-state index is 0.119. The van der Waals surface area contributed by atoms with E-state index in [4.69, 9.17) is 16.3 Å². The van der Waals surface area contributed by atoms with Crippen LogP contribution >= 0.6 is 27.5 Å². The third kappa shape index (κ3) is 3.38. The van der Waals surface area contributed by atoms with Gasteiger partial charge in [0.05, 0.1) is 12.1 Å². The molecule has 0 unspecified atom stereocenters. The molecule has 0 atom stereocenters. The van der Waals surface area contributed by atoms with Crippen molar-refractivity contribution in [2.45, 2.75) is 6.42 Å². The maximum absolute atomic E-state index is 13.0. The number of benzene rings is 2. The standard InChI is InChI=1S/C15H11BrClFO2/c1-20-11-3-5-13(16)9(6-11)7-15(19)12-4-2-10(18)8-14(12)17/h2-6,8H,7H2,1H3. The van der Waals surface area contributed by atoms with E-state index in [2.05, 4.69) is 15.9 Å². The molecule has 0 aliphatic heterocycles. The summed E-state index contributed by atoms with van der Waals surface area (Å²) in [4.78, 5) is 12.2. The molecule has 2 aromatic rings. The van der Waals surface area contributed by atoms with Crippen LogP contribution in [0.25, 0.3) is 0 Å². The fraction of sp³-hybridized carbons (Fsp3) is 0.133. The van der Waals surface area contributed by atoms with Gasteiger partial charge in [-0.1, -0.05) is 27.5 Å². The van der Waals surface area contributed by atoms with Crippen LogP contribution in [-0.2, 0) is 6.42 Å². The van der Waals surface area contributed by atoms with Crippen molar-refractivity contribution in [3.05, 3.63) is 62.8 Å². The highest BCUT2D eigenvalue weighted by Crippen LogP contribution is 2.25. The molecule has 2 aromatic carbocycles. The van der Waals surface area contributed by atoms with Gasteiger partial charge in [-0.3, -0.25) is 4.79 Å². The lowest BCUT2D eigenvalue weighted by atomic mass is 10.0. The van der Waals surface area contributed by atoms with Gasteiger partial charge < -0.3 is 4.74 Å². The first-order valence-corrected chi connectivity index (χ1v) is 6.99. The molecule has 0 spiro atoms. The highest BCUT2D eigenvalue weighted by Gasteiger charge is 2.14. The minimum atomic E-state index is -0.464.